The summed E-state index contributed by atoms with van der Waals surface area (Å²) in [5, 5.41) is 0. The molecule has 0 bridgehead atoms. The summed E-state index contributed by atoms with van der Waals surface area (Å²) in [6, 6.07) is 1.50. The van der Waals surface area contributed by atoms with E-state index in [2.05, 4.69) is 9.80 Å². The number of nitrogens with zero attached hydrogens (tertiary/aromatic N) is 2. The Morgan fingerprint density at radius 2 is 1.55 bits per heavy atom. The highest BCUT2D eigenvalue weighted by Gasteiger charge is 2.35. The third kappa shape index (κ3) is 3.37. The van der Waals surface area contributed by atoms with Crippen LogP contribution in [0.5, 0.6) is 0 Å². The Morgan fingerprint density at radius 1 is 0.850 bits per heavy atom. The lowest BCUT2D eigenvalue weighted by molar-refractivity contribution is 0.149. The lowest BCUT2D eigenvalue weighted by Crippen LogP contribution is -2.46. The molecule has 2 aliphatic heterocycles. The molecule has 2 atom stereocenters. The van der Waals surface area contributed by atoms with Crippen LogP contribution in [0.1, 0.15) is 57.8 Å². The molecule has 116 valence electrons. The van der Waals surface area contributed by atoms with Crippen LogP contribution in [-0.2, 0) is 0 Å². The van der Waals surface area contributed by atoms with Crippen molar-refractivity contribution in [3.63, 3.8) is 0 Å². The predicted octanol–water partition coefficient (Wildman–Crippen LogP) is 2.45. The van der Waals surface area contributed by atoms with Gasteiger partial charge in [-0.3, -0.25) is 9.80 Å². The molecule has 3 rings (SSSR count). The van der Waals surface area contributed by atoms with E-state index in [4.69, 9.17) is 5.73 Å². The molecule has 0 aromatic heterocycles. The van der Waals surface area contributed by atoms with Gasteiger partial charge in [-0.05, 0) is 51.1 Å². The van der Waals surface area contributed by atoms with Crippen molar-refractivity contribution >= 4 is 0 Å². The zero-order valence-corrected chi connectivity index (χ0v) is 13.1. The highest BCUT2D eigenvalue weighted by atomic mass is 15.3. The molecule has 0 aromatic rings. The van der Waals surface area contributed by atoms with Crippen LogP contribution in [0.15, 0.2) is 0 Å². The first-order valence-electron chi connectivity index (χ1n) is 9.06. The molecular weight excluding hydrogens is 246 g/mol. The minimum atomic E-state index is 0.667. The summed E-state index contributed by atoms with van der Waals surface area (Å²) < 4.78 is 0. The topological polar surface area (TPSA) is 32.5 Å². The molecule has 0 aromatic carbocycles. The first-order valence-corrected chi connectivity index (χ1v) is 9.06. The van der Waals surface area contributed by atoms with Crippen molar-refractivity contribution < 1.29 is 0 Å². The van der Waals surface area contributed by atoms with Gasteiger partial charge in [0.2, 0.25) is 0 Å². The van der Waals surface area contributed by atoms with Gasteiger partial charge in [-0.15, -0.1) is 0 Å². The van der Waals surface area contributed by atoms with Crippen molar-refractivity contribution in [1.29, 1.82) is 0 Å². The molecule has 3 heteroatoms. The zero-order valence-electron chi connectivity index (χ0n) is 13.1. The number of nitrogens with two attached hydrogens (primary N) is 1. The van der Waals surface area contributed by atoms with Gasteiger partial charge in [-0.2, -0.15) is 0 Å². The summed E-state index contributed by atoms with van der Waals surface area (Å²) in [6.45, 7) is 6.14. The third-order valence-electron chi connectivity index (χ3n) is 6.01. The second kappa shape index (κ2) is 7.24. The van der Waals surface area contributed by atoms with Gasteiger partial charge in [0.05, 0.1) is 0 Å². The first-order chi connectivity index (χ1) is 9.88. The fourth-order valence-electron chi connectivity index (χ4n) is 4.81. The van der Waals surface area contributed by atoms with Gasteiger partial charge in [-0.25, -0.2) is 0 Å². The van der Waals surface area contributed by atoms with Crippen molar-refractivity contribution in [1.82, 2.24) is 9.80 Å². The fourth-order valence-corrected chi connectivity index (χ4v) is 4.81. The molecule has 20 heavy (non-hydrogen) atoms. The van der Waals surface area contributed by atoms with Gasteiger partial charge >= 0.3 is 0 Å². The molecule has 2 unspecified atom stereocenters. The van der Waals surface area contributed by atoms with Gasteiger partial charge in [0, 0.05) is 31.7 Å². The van der Waals surface area contributed by atoms with Crippen molar-refractivity contribution in [3.8, 4) is 0 Å². The average Bonchev–Trinajstić information content (AvgIpc) is 3.08. The summed E-state index contributed by atoms with van der Waals surface area (Å²) in [5.41, 5.74) is 6.18. The lowest BCUT2D eigenvalue weighted by atomic mass is 9.91. The summed E-state index contributed by atoms with van der Waals surface area (Å²) in [7, 11) is 0. The Balaban J connectivity index is 1.56. The largest absolute Gasteiger partial charge is 0.329 e. The number of likely N-dealkylation sites (tertiary alicyclic amines) is 2. The highest BCUT2D eigenvalue weighted by Crippen LogP contribution is 2.30. The van der Waals surface area contributed by atoms with Gasteiger partial charge in [0.15, 0.2) is 0 Å². The van der Waals surface area contributed by atoms with E-state index in [1.165, 1.54) is 84.0 Å². The Morgan fingerprint density at radius 3 is 2.20 bits per heavy atom. The van der Waals surface area contributed by atoms with Crippen molar-refractivity contribution in [2.45, 2.75) is 69.9 Å². The molecule has 3 nitrogen and oxygen atoms in total. The normalized spacial score (nSPS) is 32.5. The van der Waals surface area contributed by atoms with E-state index in [0.717, 1.165) is 18.5 Å². The van der Waals surface area contributed by atoms with Crippen LogP contribution in [0.4, 0.5) is 0 Å². The molecule has 3 aliphatic rings. The van der Waals surface area contributed by atoms with E-state index in [0.29, 0.717) is 6.04 Å². The number of hydrogen-bond acceptors (Lipinski definition) is 3. The summed E-state index contributed by atoms with van der Waals surface area (Å²) >= 11 is 0. The fraction of sp³-hybridized carbons (Fsp3) is 1.00. The Bertz CT molecular complexity index is 280. The first kappa shape index (κ1) is 14.8. The van der Waals surface area contributed by atoms with Crippen LogP contribution in [0.3, 0.4) is 0 Å². The van der Waals surface area contributed by atoms with E-state index in [9.17, 15) is 0 Å². The maximum absolute atomic E-state index is 6.18. The summed E-state index contributed by atoms with van der Waals surface area (Å²) in [5.74, 6) is 0.875. The van der Waals surface area contributed by atoms with E-state index >= 15 is 0 Å². The molecular formula is C17H33N3. The second-order valence-electron chi connectivity index (χ2n) is 7.24. The number of rotatable bonds is 4. The Labute approximate surface area is 124 Å². The van der Waals surface area contributed by atoms with Crippen molar-refractivity contribution in [2.75, 3.05) is 32.7 Å². The smallest absolute Gasteiger partial charge is 0.0247 e. The van der Waals surface area contributed by atoms with Crippen LogP contribution >= 0.6 is 0 Å². The zero-order chi connectivity index (χ0) is 13.8. The second-order valence-corrected chi connectivity index (χ2v) is 7.24. The Kier molecular flexibility index (Phi) is 5.36. The molecule has 2 heterocycles. The third-order valence-corrected chi connectivity index (χ3v) is 6.01. The summed E-state index contributed by atoms with van der Waals surface area (Å²) in [6.07, 6.45) is 12.8. The average molecular weight is 279 g/mol. The monoisotopic (exact) mass is 279 g/mol. The minimum absolute atomic E-state index is 0.667. The SMILES string of the molecule is NCC(C1CCCCCC1)N1CCC(N2CCCC2)C1. The Hall–Kier alpha value is -0.120. The lowest BCUT2D eigenvalue weighted by Gasteiger charge is -2.34. The van der Waals surface area contributed by atoms with Crippen molar-refractivity contribution in [3.05, 3.63) is 0 Å². The van der Waals surface area contributed by atoms with E-state index < -0.39 is 0 Å². The molecule has 3 fully saturated rings. The molecule has 1 saturated carbocycles. The molecule has 0 radical (unpaired) electrons. The van der Waals surface area contributed by atoms with Gasteiger partial charge in [-0.1, -0.05) is 25.7 Å². The quantitative estimate of drug-likeness (QED) is 0.802. The van der Waals surface area contributed by atoms with E-state index in [1.54, 1.807) is 0 Å². The van der Waals surface area contributed by atoms with Crippen molar-refractivity contribution in [2.24, 2.45) is 11.7 Å². The maximum Gasteiger partial charge on any atom is 0.0247 e. The maximum atomic E-state index is 6.18. The summed E-state index contributed by atoms with van der Waals surface area (Å²) in [4.78, 5) is 5.49. The molecule has 0 amide bonds. The van der Waals surface area contributed by atoms with Gasteiger partial charge < -0.3 is 5.73 Å². The van der Waals surface area contributed by atoms with Gasteiger partial charge in [0.25, 0.3) is 0 Å². The predicted molar refractivity (Wildman–Crippen MR) is 84.8 cm³/mol. The number of hydrogen-bond donors (Lipinski definition) is 1. The highest BCUT2D eigenvalue weighted by molar-refractivity contribution is 4.91. The molecule has 0 spiro atoms. The molecule has 2 saturated heterocycles. The van der Waals surface area contributed by atoms with Crippen LogP contribution < -0.4 is 5.73 Å². The standard InChI is InChI=1S/C17H33N3/c18-13-17(15-7-3-1-2-4-8-15)20-12-9-16(14-20)19-10-5-6-11-19/h15-17H,1-14,18H2. The van der Waals surface area contributed by atoms with Crippen LogP contribution in [0, 0.1) is 5.92 Å². The van der Waals surface area contributed by atoms with E-state index in [1.807, 2.05) is 0 Å². The van der Waals surface area contributed by atoms with Crippen LogP contribution in [0.2, 0.25) is 0 Å². The minimum Gasteiger partial charge on any atom is -0.329 e. The van der Waals surface area contributed by atoms with Gasteiger partial charge in [0.1, 0.15) is 0 Å². The van der Waals surface area contributed by atoms with Crippen LogP contribution in [-0.4, -0.2) is 54.6 Å². The molecule has 1 aliphatic carbocycles. The molecule has 2 N–H and O–H groups in total. The van der Waals surface area contributed by atoms with E-state index in [-0.39, 0.29) is 0 Å². The van der Waals surface area contributed by atoms with Crippen LogP contribution in [0.25, 0.3) is 0 Å².